The summed E-state index contributed by atoms with van der Waals surface area (Å²) in [5.74, 6) is 0.331. The van der Waals surface area contributed by atoms with E-state index in [1.807, 2.05) is 110 Å². The molecule has 7 rings (SSSR count). The highest BCUT2D eigenvalue weighted by Gasteiger charge is 2.32. The van der Waals surface area contributed by atoms with Crippen molar-refractivity contribution in [1.82, 2.24) is 19.3 Å². The maximum atomic E-state index is 14.8. The van der Waals surface area contributed by atoms with Gasteiger partial charge >= 0.3 is 6.09 Å². The lowest BCUT2D eigenvalue weighted by Crippen LogP contribution is -2.43. The molecule has 278 valence electrons. The minimum absolute atomic E-state index is 0.0111. The second-order valence-corrected chi connectivity index (χ2v) is 14.9. The Labute approximate surface area is 318 Å². The number of para-hydroxylation sites is 1. The number of aromatic nitrogens is 1. The largest absolute Gasteiger partial charge is 0.415 e. The van der Waals surface area contributed by atoms with E-state index in [0.717, 1.165) is 64.3 Å². The van der Waals surface area contributed by atoms with Crippen molar-refractivity contribution >= 4 is 23.6 Å². The van der Waals surface area contributed by atoms with Crippen molar-refractivity contribution in [2.75, 3.05) is 39.1 Å². The molecule has 0 N–H and O–H groups in total. The van der Waals surface area contributed by atoms with Gasteiger partial charge in [-0.05, 0) is 117 Å². The first kappa shape index (κ1) is 36.7. The molecule has 0 radical (unpaired) electrons. The Morgan fingerprint density at radius 3 is 2.30 bits per heavy atom. The van der Waals surface area contributed by atoms with Crippen molar-refractivity contribution in [2.45, 2.75) is 52.2 Å². The lowest BCUT2D eigenvalue weighted by molar-refractivity contribution is 0.0658. The summed E-state index contributed by atoms with van der Waals surface area (Å²) in [5, 5.41) is 0. The van der Waals surface area contributed by atoms with Crippen LogP contribution >= 0.6 is 0 Å². The van der Waals surface area contributed by atoms with Gasteiger partial charge < -0.3 is 28.9 Å². The van der Waals surface area contributed by atoms with E-state index < -0.39 is 6.09 Å². The number of amides is 3. The molecule has 0 aliphatic carbocycles. The number of likely N-dealkylation sites (N-methyl/N-ethyl adjacent to an activating group) is 1. The molecule has 3 amide bonds. The van der Waals surface area contributed by atoms with Crippen molar-refractivity contribution in [2.24, 2.45) is 7.05 Å². The summed E-state index contributed by atoms with van der Waals surface area (Å²) in [7, 11) is 7.81. The van der Waals surface area contributed by atoms with Gasteiger partial charge in [-0.15, -0.1) is 0 Å². The molecule has 9 nitrogen and oxygen atoms in total. The SMILES string of the molecule is Cc1c(C(=O)N(C)c2ccccc2)cc(-c2cc3c(cc2C(=O)N2Cc4ccccc4C[C@H]2C)CN(C(=O)Oc2cccc(CCN(C)C)c2)CC3)n1C. The van der Waals surface area contributed by atoms with Crippen LogP contribution in [-0.4, -0.2) is 77.4 Å². The van der Waals surface area contributed by atoms with Gasteiger partial charge in [-0.1, -0.05) is 54.6 Å². The average molecular weight is 724 g/mol. The average Bonchev–Trinajstić information content (AvgIpc) is 3.48. The van der Waals surface area contributed by atoms with Gasteiger partial charge in [0.15, 0.2) is 0 Å². The highest BCUT2D eigenvalue weighted by Crippen LogP contribution is 2.36. The highest BCUT2D eigenvalue weighted by atomic mass is 16.6. The molecule has 9 heteroatoms. The van der Waals surface area contributed by atoms with Gasteiger partial charge in [0.25, 0.3) is 11.8 Å². The third kappa shape index (κ3) is 7.41. The summed E-state index contributed by atoms with van der Waals surface area (Å²) >= 11 is 0. The van der Waals surface area contributed by atoms with Crippen molar-refractivity contribution in [3.63, 3.8) is 0 Å². The Morgan fingerprint density at radius 2 is 1.54 bits per heavy atom. The number of ether oxygens (including phenoxy) is 1. The van der Waals surface area contributed by atoms with Crippen LogP contribution in [0.15, 0.2) is 97.1 Å². The van der Waals surface area contributed by atoms with Gasteiger partial charge in [-0.25, -0.2) is 4.79 Å². The molecule has 2 aliphatic heterocycles. The van der Waals surface area contributed by atoms with Gasteiger partial charge in [0.05, 0.1) is 5.56 Å². The molecule has 0 bridgehead atoms. The summed E-state index contributed by atoms with van der Waals surface area (Å²) in [5.41, 5.74) is 9.83. The second kappa shape index (κ2) is 15.4. The number of hydrogen-bond donors (Lipinski definition) is 0. The highest BCUT2D eigenvalue weighted by molar-refractivity contribution is 6.08. The minimum atomic E-state index is -0.410. The maximum Gasteiger partial charge on any atom is 0.415 e. The predicted molar refractivity (Wildman–Crippen MR) is 213 cm³/mol. The Kier molecular flexibility index (Phi) is 10.4. The van der Waals surface area contributed by atoms with Crippen LogP contribution in [0.25, 0.3) is 11.3 Å². The number of benzene rings is 4. The van der Waals surface area contributed by atoms with Crippen molar-refractivity contribution in [1.29, 1.82) is 0 Å². The summed E-state index contributed by atoms with van der Waals surface area (Å²) < 4.78 is 7.91. The monoisotopic (exact) mass is 723 g/mol. The summed E-state index contributed by atoms with van der Waals surface area (Å²) in [4.78, 5) is 49.8. The fourth-order valence-corrected chi connectivity index (χ4v) is 7.67. The molecule has 4 aromatic carbocycles. The predicted octanol–water partition coefficient (Wildman–Crippen LogP) is 7.53. The Balaban J connectivity index is 1.23. The zero-order valence-electron chi connectivity index (χ0n) is 32.1. The van der Waals surface area contributed by atoms with E-state index in [4.69, 9.17) is 4.74 Å². The van der Waals surface area contributed by atoms with Gasteiger partial charge in [-0.3, -0.25) is 9.59 Å². The smallest absolute Gasteiger partial charge is 0.410 e. The quantitative estimate of drug-likeness (QED) is 0.166. The van der Waals surface area contributed by atoms with Crippen LogP contribution < -0.4 is 9.64 Å². The Hall–Kier alpha value is -5.67. The summed E-state index contributed by atoms with van der Waals surface area (Å²) in [6.07, 6.45) is 1.82. The molecule has 0 saturated carbocycles. The number of carbonyl (C=O) groups excluding carboxylic acids is 3. The number of rotatable bonds is 8. The molecule has 1 atom stereocenters. The molecule has 2 aliphatic rings. The van der Waals surface area contributed by atoms with E-state index in [1.165, 1.54) is 5.56 Å². The third-order valence-electron chi connectivity index (χ3n) is 11.0. The molecular weight excluding hydrogens is 675 g/mol. The van der Waals surface area contributed by atoms with Gasteiger partial charge in [0.1, 0.15) is 5.75 Å². The molecule has 1 aromatic heterocycles. The van der Waals surface area contributed by atoms with Crippen molar-refractivity contribution < 1.29 is 19.1 Å². The molecule has 54 heavy (non-hydrogen) atoms. The van der Waals surface area contributed by atoms with E-state index in [1.54, 1.807) is 16.8 Å². The standard InChI is InChI=1S/C45H49N5O4/c1-30-23-33-14-10-11-15-35(33)29-50(30)44(52)41-26-36-28-49(45(53)54-38-18-12-13-32(24-38)19-21-46(3)4)22-20-34(36)25-40(41)42-27-39(31(2)47(42)5)43(51)48(6)37-16-8-7-9-17-37/h7-18,24-27,30H,19-23,28-29H2,1-6H3/t30-/m1/s1. The van der Waals surface area contributed by atoms with Gasteiger partial charge in [0, 0.05) is 74.5 Å². The fraction of sp³-hybridized carbons (Fsp3) is 0.311. The number of nitrogens with zero attached hydrogens (tertiary/aromatic N) is 5. The van der Waals surface area contributed by atoms with Crippen LogP contribution in [0.2, 0.25) is 0 Å². The molecule has 5 aromatic rings. The third-order valence-corrected chi connectivity index (χ3v) is 11.0. The van der Waals surface area contributed by atoms with E-state index in [9.17, 15) is 14.4 Å². The summed E-state index contributed by atoms with van der Waals surface area (Å²) in [6.45, 7) is 6.26. The Bertz CT molecular complexity index is 2210. The number of anilines is 1. The lowest BCUT2D eigenvalue weighted by atomic mass is 9.90. The van der Waals surface area contributed by atoms with Crippen LogP contribution in [0.1, 0.15) is 61.2 Å². The van der Waals surface area contributed by atoms with E-state index in [-0.39, 0.29) is 17.9 Å². The van der Waals surface area contributed by atoms with E-state index >= 15 is 0 Å². The first-order valence-electron chi connectivity index (χ1n) is 18.7. The van der Waals surface area contributed by atoms with Gasteiger partial charge in [-0.2, -0.15) is 0 Å². The molecule has 3 heterocycles. The summed E-state index contributed by atoms with van der Waals surface area (Å²) in [6, 6.07) is 31.6. The van der Waals surface area contributed by atoms with Crippen LogP contribution in [0.4, 0.5) is 10.5 Å². The second-order valence-electron chi connectivity index (χ2n) is 14.9. The molecule has 0 saturated heterocycles. The maximum absolute atomic E-state index is 14.8. The van der Waals surface area contributed by atoms with Crippen LogP contribution in [-0.2, 0) is 39.4 Å². The molecular formula is C45H49N5O4. The topological polar surface area (TPSA) is 78.3 Å². The molecule has 0 fully saturated rings. The lowest BCUT2D eigenvalue weighted by Gasteiger charge is -2.36. The normalized spacial score (nSPS) is 15.1. The van der Waals surface area contributed by atoms with Crippen molar-refractivity contribution in [3.05, 3.63) is 142 Å². The first-order valence-corrected chi connectivity index (χ1v) is 18.7. The molecule has 0 spiro atoms. The zero-order valence-corrected chi connectivity index (χ0v) is 32.1. The zero-order chi connectivity index (χ0) is 38.1. The van der Waals surface area contributed by atoms with Crippen LogP contribution in [0.3, 0.4) is 0 Å². The van der Waals surface area contributed by atoms with Crippen LogP contribution in [0, 0.1) is 6.92 Å². The van der Waals surface area contributed by atoms with E-state index in [0.29, 0.717) is 42.9 Å². The number of fused-ring (bicyclic) bond motifs is 2. The minimum Gasteiger partial charge on any atom is -0.410 e. The Morgan fingerprint density at radius 1 is 0.796 bits per heavy atom. The number of carbonyl (C=O) groups is 3. The number of hydrogen-bond acceptors (Lipinski definition) is 5. The van der Waals surface area contributed by atoms with Crippen LogP contribution in [0.5, 0.6) is 5.75 Å². The van der Waals surface area contributed by atoms with E-state index in [2.05, 4.69) is 36.1 Å². The molecule has 0 unspecified atom stereocenters. The van der Waals surface area contributed by atoms with Gasteiger partial charge in [0.2, 0.25) is 0 Å². The fourth-order valence-electron chi connectivity index (χ4n) is 7.67. The first-order chi connectivity index (χ1) is 26.0. The van der Waals surface area contributed by atoms with Crippen molar-refractivity contribution in [3.8, 4) is 17.0 Å².